The second kappa shape index (κ2) is 2.80. The first-order chi connectivity index (χ1) is 4.34. The van der Waals surface area contributed by atoms with Gasteiger partial charge in [-0.2, -0.15) is 13.2 Å². The van der Waals surface area contributed by atoms with Crippen LogP contribution in [0.2, 0.25) is 0 Å². The summed E-state index contributed by atoms with van der Waals surface area (Å²) in [5, 5.41) is 9.32. The van der Waals surface area contributed by atoms with Gasteiger partial charge >= 0.3 is 6.18 Å². The Morgan fingerprint density at radius 3 is 2.00 bits per heavy atom. The maximum atomic E-state index is 11.6. The minimum absolute atomic E-state index is 1.35. The van der Waals surface area contributed by atoms with Gasteiger partial charge in [-0.15, -0.1) is 0 Å². The lowest BCUT2D eigenvalue weighted by Crippen LogP contribution is -2.31. The first-order valence-corrected chi connectivity index (χ1v) is 2.16. The average molecular weight is 161 g/mol. The Bertz CT molecular complexity index is 133. The van der Waals surface area contributed by atoms with Gasteiger partial charge in [0.1, 0.15) is 0 Å². The molecule has 0 N–H and O–H groups in total. The van der Waals surface area contributed by atoms with Crippen LogP contribution in [0.15, 0.2) is 0 Å². The third-order valence-electron chi connectivity index (χ3n) is 0.665. The first-order valence-electron chi connectivity index (χ1n) is 2.16. The molecule has 7 heteroatoms. The first kappa shape index (κ1) is 9.12. The van der Waals surface area contributed by atoms with Crippen LogP contribution in [-0.2, 0) is 0 Å². The van der Waals surface area contributed by atoms with E-state index in [-0.39, 0.29) is 0 Å². The normalized spacial score (nSPS) is 14.8. The summed E-state index contributed by atoms with van der Waals surface area (Å²) in [7, 11) is 0. The average Bonchev–Trinajstić information content (AvgIpc) is 1.60. The zero-order chi connectivity index (χ0) is 8.36. The van der Waals surface area contributed by atoms with Crippen LogP contribution >= 0.6 is 0 Å². The summed E-state index contributed by atoms with van der Waals surface area (Å²) in [4.78, 5) is 7.97. The molecule has 10 heavy (non-hydrogen) atoms. The van der Waals surface area contributed by atoms with Crippen LogP contribution in [0.5, 0.6) is 0 Å². The molecule has 0 aromatic carbocycles. The van der Waals surface area contributed by atoms with Crippen LogP contribution in [0.25, 0.3) is 0 Å². The highest BCUT2D eigenvalue weighted by Gasteiger charge is 2.43. The number of hydrogen-bond acceptors (Lipinski definition) is 2. The van der Waals surface area contributed by atoms with Crippen molar-refractivity contribution < 1.29 is 22.5 Å². The number of alkyl halides is 4. The van der Waals surface area contributed by atoms with Crippen LogP contribution < -0.4 is 0 Å². The highest BCUT2D eigenvalue weighted by molar-refractivity contribution is 4.63. The van der Waals surface area contributed by atoms with Crippen molar-refractivity contribution in [1.82, 2.24) is 0 Å². The molecule has 0 aliphatic carbocycles. The van der Waals surface area contributed by atoms with Crippen molar-refractivity contribution in [2.24, 2.45) is 0 Å². The molecule has 0 spiro atoms. The number of nitro groups is 1. The lowest BCUT2D eigenvalue weighted by molar-refractivity contribution is -0.496. The van der Waals surface area contributed by atoms with E-state index < -0.39 is 23.8 Å². The number of nitrogens with zero attached hydrogens (tertiary/aromatic N) is 1. The predicted molar refractivity (Wildman–Crippen MR) is 22.8 cm³/mol. The molecule has 3 nitrogen and oxygen atoms in total. The zero-order valence-electron chi connectivity index (χ0n) is 4.56. The predicted octanol–water partition coefficient (Wildman–Crippen LogP) is 1.16. The summed E-state index contributed by atoms with van der Waals surface area (Å²) < 4.78 is 45.0. The molecular formula is C3H3F4NO2. The van der Waals surface area contributed by atoms with Gasteiger partial charge < -0.3 is 0 Å². The van der Waals surface area contributed by atoms with Crippen molar-refractivity contribution >= 4 is 0 Å². The molecule has 0 saturated carbocycles. The fourth-order valence-corrected chi connectivity index (χ4v) is 0.234. The van der Waals surface area contributed by atoms with E-state index in [0.717, 1.165) is 0 Å². The summed E-state index contributed by atoms with van der Waals surface area (Å²) in [6.07, 6.45) is -8.48. The number of halogens is 4. The van der Waals surface area contributed by atoms with Crippen molar-refractivity contribution in [2.75, 3.05) is 6.54 Å². The Hall–Kier alpha value is -0.880. The fourth-order valence-electron chi connectivity index (χ4n) is 0.234. The molecule has 0 rings (SSSR count). The third-order valence-corrected chi connectivity index (χ3v) is 0.665. The van der Waals surface area contributed by atoms with Gasteiger partial charge in [-0.05, 0) is 0 Å². The molecule has 0 aromatic heterocycles. The van der Waals surface area contributed by atoms with E-state index >= 15 is 0 Å². The van der Waals surface area contributed by atoms with Gasteiger partial charge in [0.25, 0.3) is 6.17 Å². The minimum Gasteiger partial charge on any atom is -0.264 e. The highest BCUT2D eigenvalue weighted by atomic mass is 19.4. The molecule has 0 aliphatic heterocycles. The molecule has 0 radical (unpaired) electrons. The highest BCUT2D eigenvalue weighted by Crippen LogP contribution is 2.22. The van der Waals surface area contributed by atoms with E-state index in [1.165, 1.54) is 0 Å². The van der Waals surface area contributed by atoms with Gasteiger partial charge in [-0.3, -0.25) is 10.1 Å². The Morgan fingerprint density at radius 2 is 1.90 bits per heavy atom. The van der Waals surface area contributed by atoms with Crippen LogP contribution in [0.3, 0.4) is 0 Å². The van der Waals surface area contributed by atoms with Crippen molar-refractivity contribution in [3.63, 3.8) is 0 Å². The van der Waals surface area contributed by atoms with E-state index in [4.69, 9.17) is 0 Å². The summed E-state index contributed by atoms with van der Waals surface area (Å²) in [6, 6.07) is 0. The van der Waals surface area contributed by atoms with Gasteiger partial charge in [0.2, 0.25) is 6.54 Å². The van der Waals surface area contributed by atoms with Crippen molar-refractivity contribution in [1.29, 1.82) is 0 Å². The largest absolute Gasteiger partial charge is 0.426 e. The molecular weight excluding hydrogens is 158 g/mol. The molecule has 0 aromatic rings. The lowest BCUT2D eigenvalue weighted by Gasteiger charge is -2.06. The van der Waals surface area contributed by atoms with Gasteiger partial charge in [0.05, 0.1) is 0 Å². The smallest absolute Gasteiger partial charge is 0.264 e. The van der Waals surface area contributed by atoms with Gasteiger partial charge in [-0.25, -0.2) is 4.39 Å². The van der Waals surface area contributed by atoms with Gasteiger partial charge in [0.15, 0.2) is 0 Å². The van der Waals surface area contributed by atoms with Crippen molar-refractivity contribution in [3.05, 3.63) is 10.1 Å². The maximum Gasteiger partial charge on any atom is 0.426 e. The third kappa shape index (κ3) is 3.21. The molecule has 60 valence electrons. The van der Waals surface area contributed by atoms with Gasteiger partial charge in [0, 0.05) is 4.92 Å². The minimum atomic E-state index is -5.12. The monoisotopic (exact) mass is 161 g/mol. The van der Waals surface area contributed by atoms with Crippen molar-refractivity contribution in [2.45, 2.75) is 12.3 Å². The summed E-state index contributed by atoms with van der Waals surface area (Å²) in [5.41, 5.74) is 0. The van der Waals surface area contributed by atoms with E-state index in [9.17, 15) is 27.7 Å². The SMILES string of the molecule is O=[N+]([O-])CC(F)C(F)(F)F. The zero-order valence-corrected chi connectivity index (χ0v) is 4.56. The summed E-state index contributed by atoms with van der Waals surface area (Å²) in [6.45, 7) is -1.72. The van der Waals surface area contributed by atoms with Gasteiger partial charge in [-0.1, -0.05) is 0 Å². The van der Waals surface area contributed by atoms with E-state index in [1.807, 2.05) is 0 Å². The van der Waals surface area contributed by atoms with Crippen molar-refractivity contribution in [3.8, 4) is 0 Å². The molecule has 0 bridgehead atoms. The van der Waals surface area contributed by atoms with Crippen LogP contribution in [0.4, 0.5) is 17.6 Å². The fraction of sp³-hybridized carbons (Fsp3) is 1.00. The topological polar surface area (TPSA) is 43.1 Å². The molecule has 0 aliphatic rings. The van der Waals surface area contributed by atoms with Crippen LogP contribution in [0, 0.1) is 10.1 Å². The Kier molecular flexibility index (Phi) is 2.56. The molecule has 0 fully saturated rings. The number of hydrogen-bond donors (Lipinski definition) is 0. The van der Waals surface area contributed by atoms with Crippen LogP contribution in [-0.4, -0.2) is 23.8 Å². The molecule has 0 saturated heterocycles. The van der Waals surface area contributed by atoms with Crippen LogP contribution in [0.1, 0.15) is 0 Å². The number of rotatable bonds is 2. The molecule has 0 heterocycles. The van der Waals surface area contributed by atoms with E-state index in [2.05, 4.69) is 0 Å². The van der Waals surface area contributed by atoms with E-state index in [1.54, 1.807) is 0 Å². The lowest BCUT2D eigenvalue weighted by atomic mass is 10.4. The Labute approximate surface area is 52.8 Å². The maximum absolute atomic E-state index is 11.6. The summed E-state index contributed by atoms with van der Waals surface area (Å²) in [5.74, 6) is 0. The standard InChI is InChI=1S/C3H3F4NO2/c4-2(1-8(9)10)3(5,6)7/h2H,1H2. The second-order valence-corrected chi connectivity index (χ2v) is 1.52. The molecule has 0 amide bonds. The molecule has 1 atom stereocenters. The second-order valence-electron chi connectivity index (χ2n) is 1.52. The summed E-state index contributed by atoms with van der Waals surface area (Å²) >= 11 is 0. The Balaban J connectivity index is 3.85. The van der Waals surface area contributed by atoms with E-state index in [0.29, 0.717) is 0 Å². The quantitative estimate of drug-likeness (QED) is 0.346. The molecule has 1 unspecified atom stereocenters. The Morgan fingerprint density at radius 1 is 1.50 bits per heavy atom.